The van der Waals surface area contributed by atoms with Gasteiger partial charge < -0.3 is 19.5 Å². The van der Waals surface area contributed by atoms with Gasteiger partial charge in [0.2, 0.25) is 5.91 Å². The van der Waals surface area contributed by atoms with Crippen molar-refractivity contribution in [3.05, 3.63) is 24.2 Å². The van der Waals surface area contributed by atoms with Crippen LogP contribution in [0.4, 0.5) is 0 Å². The fourth-order valence-corrected chi connectivity index (χ4v) is 3.37. The fourth-order valence-electron chi connectivity index (χ4n) is 3.37. The Balaban J connectivity index is 1.41. The summed E-state index contributed by atoms with van der Waals surface area (Å²) < 4.78 is 5.15. The predicted molar refractivity (Wildman–Crippen MR) is 86.1 cm³/mol. The highest BCUT2D eigenvalue weighted by Crippen LogP contribution is 2.17. The highest BCUT2D eigenvalue weighted by molar-refractivity contribution is 5.91. The Kier molecular flexibility index (Phi) is 5.33. The van der Waals surface area contributed by atoms with Crippen molar-refractivity contribution < 1.29 is 14.0 Å². The van der Waals surface area contributed by atoms with E-state index in [1.165, 1.54) is 38.4 Å². The minimum atomic E-state index is -0.0950. The van der Waals surface area contributed by atoms with Crippen LogP contribution in [-0.4, -0.2) is 60.4 Å². The molecule has 0 spiro atoms. The Labute approximate surface area is 136 Å². The van der Waals surface area contributed by atoms with Gasteiger partial charge in [-0.15, -0.1) is 0 Å². The zero-order chi connectivity index (χ0) is 16.1. The van der Waals surface area contributed by atoms with E-state index in [4.69, 9.17) is 4.42 Å². The maximum absolute atomic E-state index is 12.3. The van der Waals surface area contributed by atoms with Crippen molar-refractivity contribution in [2.45, 2.75) is 38.1 Å². The summed E-state index contributed by atoms with van der Waals surface area (Å²) in [5.74, 6) is 0.409. The van der Waals surface area contributed by atoms with Gasteiger partial charge in [-0.1, -0.05) is 19.3 Å². The van der Waals surface area contributed by atoms with E-state index in [1.807, 2.05) is 4.90 Å². The van der Waals surface area contributed by atoms with Crippen LogP contribution in [0.15, 0.2) is 22.8 Å². The Hall–Kier alpha value is -1.82. The van der Waals surface area contributed by atoms with Gasteiger partial charge in [-0.05, 0) is 25.0 Å². The van der Waals surface area contributed by atoms with Crippen LogP contribution in [0, 0.1) is 0 Å². The van der Waals surface area contributed by atoms with Gasteiger partial charge in [-0.2, -0.15) is 0 Å². The van der Waals surface area contributed by atoms with Crippen LogP contribution in [0.2, 0.25) is 0 Å². The molecule has 0 aromatic carbocycles. The molecule has 1 saturated heterocycles. The molecule has 2 heterocycles. The molecule has 2 fully saturated rings. The summed E-state index contributed by atoms with van der Waals surface area (Å²) in [6.07, 6.45) is 7.71. The van der Waals surface area contributed by atoms with E-state index in [0.717, 1.165) is 0 Å². The number of nitrogens with one attached hydrogen (secondary N) is 1. The third-order valence-electron chi connectivity index (χ3n) is 4.80. The summed E-state index contributed by atoms with van der Waals surface area (Å²) in [6, 6.07) is 3.88. The lowest BCUT2D eigenvalue weighted by Gasteiger charge is -2.35. The predicted octanol–water partition coefficient (Wildman–Crippen LogP) is 1.49. The molecule has 2 amide bonds. The van der Waals surface area contributed by atoms with Crippen molar-refractivity contribution in [3.8, 4) is 0 Å². The molecule has 23 heavy (non-hydrogen) atoms. The van der Waals surface area contributed by atoms with Crippen LogP contribution in [0.5, 0.6) is 0 Å². The van der Waals surface area contributed by atoms with Gasteiger partial charge in [-0.3, -0.25) is 9.59 Å². The van der Waals surface area contributed by atoms with Gasteiger partial charge in [0, 0.05) is 32.2 Å². The van der Waals surface area contributed by atoms with Crippen molar-refractivity contribution in [3.63, 3.8) is 0 Å². The van der Waals surface area contributed by atoms with E-state index in [2.05, 4.69) is 5.32 Å². The largest absolute Gasteiger partial charge is 0.459 e. The molecular formula is C17H25N3O3. The monoisotopic (exact) mass is 319 g/mol. The molecule has 126 valence electrons. The zero-order valence-corrected chi connectivity index (χ0v) is 13.5. The first-order valence-electron chi connectivity index (χ1n) is 8.58. The molecule has 2 aliphatic rings. The van der Waals surface area contributed by atoms with E-state index in [1.54, 1.807) is 17.0 Å². The molecule has 1 aromatic rings. The summed E-state index contributed by atoms with van der Waals surface area (Å²) in [5, 5.41) is 3.39. The third kappa shape index (κ3) is 4.13. The normalized spacial score (nSPS) is 19.8. The van der Waals surface area contributed by atoms with Crippen LogP contribution in [0.3, 0.4) is 0 Å². The molecule has 3 rings (SSSR count). The topological polar surface area (TPSA) is 65.8 Å². The minimum Gasteiger partial charge on any atom is -0.459 e. The molecule has 0 unspecified atom stereocenters. The van der Waals surface area contributed by atoms with E-state index < -0.39 is 0 Å². The third-order valence-corrected chi connectivity index (χ3v) is 4.80. The van der Waals surface area contributed by atoms with Gasteiger partial charge in [-0.25, -0.2) is 0 Å². The fraction of sp³-hybridized carbons (Fsp3) is 0.647. The number of amides is 2. The summed E-state index contributed by atoms with van der Waals surface area (Å²) in [4.78, 5) is 28.1. The maximum atomic E-state index is 12.3. The molecule has 1 saturated carbocycles. The lowest BCUT2D eigenvalue weighted by molar-refractivity contribution is -0.131. The number of hydrogen-bond acceptors (Lipinski definition) is 4. The molecule has 0 bridgehead atoms. The standard InChI is InChI=1S/C17H25N3O3/c21-16(13-18-14-5-2-1-3-6-14)19-8-10-20(11-9-19)17(22)15-7-4-12-23-15/h4,7,12,14,18H,1-3,5-6,8-11,13H2. The van der Waals surface area contributed by atoms with Gasteiger partial charge in [0.15, 0.2) is 5.76 Å². The van der Waals surface area contributed by atoms with Crippen molar-refractivity contribution in [1.82, 2.24) is 15.1 Å². The van der Waals surface area contributed by atoms with Crippen LogP contribution in [0.25, 0.3) is 0 Å². The number of nitrogens with zero attached hydrogens (tertiary/aromatic N) is 2. The lowest BCUT2D eigenvalue weighted by atomic mass is 9.95. The smallest absolute Gasteiger partial charge is 0.289 e. The van der Waals surface area contributed by atoms with Crippen LogP contribution in [-0.2, 0) is 4.79 Å². The van der Waals surface area contributed by atoms with Crippen molar-refractivity contribution in [2.75, 3.05) is 32.7 Å². The highest BCUT2D eigenvalue weighted by Gasteiger charge is 2.26. The van der Waals surface area contributed by atoms with Crippen LogP contribution < -0.4 is 5.32 Å². The second-order valence-corrected chi connectivity index (χ2v) is 6.37. The first-order valence-corrected chi connectivity index (χ1v) is 8.58. The molecular weight excluding hydrogens is 294 g/mol. The SMILES string of the molecule is O=C(CNC1CCCCC1)N1CCN(C(=O)c2ccco2)CC1. The van der Waals surface area contributed by atoms with E-state index >= 15 is 0 Å². The van der Waals surface area contributed by atoms with Crippen LogP contribution >= 0.6 is 0 Å². The second kappa shape index (κ2) is 7.64. The maximum Gasteiger partial charge on any atom is 0.289 e. The number of hydrogen-bond donors (Lipinski definition) is 1. The Bertz CT molecular complexity index is 515. The first-order chi connectivity index (χ1) is 11.2. The number of carbonyl (C=O) groups excluding carboxylic acids is 2. The molecule has 1 aromatic heterocycles. The minimum absolute atomic E-state index is 0.0950. The lowest BCUT2D eigenvalue weighted by Crippen LogP contribution is -2.52. The van der Waals surface area contributed by atoms with Crippen molar-refractivity contribution >= 4 is 11.8 Å². The summed E-state index contributed by atoms with van der Waals surface area (Å²) >= 11 is 0. The Morgan fingerprint density at radius 3 is 2.43 bits per heavy atom. The molecule has 1 aliphatic heterocycles. The summed E-state index contributed by atoms with van der Waals surface area (Å²) in [7, 11) is 0. The number of piperazine rings is 1. The summed E-state index contributed by atoms with van der Waals surface area (Å²) in [6.45, 7) is 2.73. The van der Waals surface area contributed by atoms with E-state index in [0.29, 0.717) is 44.5 Å². The average molecular weight is 319 g/mol. The second-order valence-electron chi connectivity index (χ2n) is 6.37. The molecule has 1 N–H and O–H groups in total. The van der Waals surface area contributed by atoms with Gasteiger partial charge in [0.05, 0.1) is 12.8 Å². The quantitative estimate of drug-likeness (QED) is 0.913. The first kappa shape index (κ1) is 16.1. The molecule has 0 atom stereocenters. The number of carbonyl (C=O) groups is 2. The Morgan fingerprint density at radius 1 is 1.09 bits per heavy atom. The molecule has 0 radical (unpaired) electrons. The molecule has 1 aliphatic carbocycles. The number of rotatable bonds is 4. The van der Waals surface area contributed by atoms with Gasteiger partial charge in [0.25, 0.3) is 5.91 Å². The Morgan fingerprint density at radius 2 is 1.78 bits per heavy atom. The summed E-state index contributed by atoms with van der Waals surface area (Å²) in [5.41, 5.74) is 0. The molecule has 6 heteroatoms. The van der Waals surface area contributed by atoms with Gasteiger partial charge in [0.1, 0.15) is 0 Å². The van der Waals surface area contributed by atoms with E-state index in [-0.39, 0.29) is 11.8 Å². The average Bonchev–Trinajstić information content (AvgIpc) is 3.15. The van der Waals surface area contributed by atoms with Gasteiger partial charge >= 0.3 is 0 Å². The van der Waals surface area contributed by atoms with Crippen molar-refractivity contribution in [2.24, 2.45) is 0 Å². The van der Waals surface area contributed by atoms with E-state index in [9.17, 15) is 9.59 Å². The highest BCUT2D eigenvalue weighted by atomic mass is 16.3. The van der Waals surface area contributed by atoms with Crippen molar-refractivity contribution in [1.29, 1.82) is 0 Å². The van der Waals surface area contributed by atoms with Crippen LogP contribution in [0.1, 0.15) is 42.7 Å². The number of furan rings is 1. The molecule has 6 nitrogen and oxygen atoms in total. The zero-order valence-electron chi connectivity index (χ0n) is 13.5.